The number of nitrogens with two attached hydrogens (primary N) is 1. The van der Waals surface area contributed by atoms with Crippen LogP contribution in [-0.4, -0.2) is 23.7 Å². The normalized spacial score (nSPS) is 10.4. The van der Waals surface area contributed by atoms with Gasteiger partial charge in [-0.3, -0.25) is 0 Å². The fourth-order valence-electron chi connectivity index (χ4n) is 1.06. The Labute approximate surface area is 89.6 Å². The molecule has 0 saturated carbocycles. The molecule has 0 saturated heterocycles. The molecule has 84 valence electrons. The number of ether oxygens (including phenoxy) is 2. The molecular formula is C10H17N3O2. The van der Waals surface area contributed by atoms with Gasteiger partial charge in [0.25, 0.3) is 5.88 Å². The van der Waals surface area contributed by atoms with E-state index in [4.69, 9.17) is 15.2 Å². The van der Waals surface area contributed by atoms with Crippen molar-refractivity contribution in [2.75, 3.05) is 19.5 Å². The third-order valence-corrected chi connectivity index (χ3v) is 1.94. The van der Waals surface area contributed by atoms with Crippen LogP contribution in [0.5, 0.6) is 11.6 Å². The van der Waals surface area contributed by atoms with Gasteiger partial charge in [-0.1, -0.05) is 13.8 Å². The second-order valence-electron chi connectivity index (χ2n) is 3.63. The maximum Gasteiger partial charge on any atom is 0.262 e. The third-order valence-electron chi connectivity index (χ3n) is 1.94. The fourth-order valence-corrected chi connectivity index (χ4v) is 1.06. The Kier molecular flexibility index (Phi) is 4.15. The lowest BCUT2D eigenvalue weighted by Gasteiger charge is -2.10. The lowest BCUT2D eigenvalue weighted by Crippen LogP contribution is -2.06. The van der Waals surface area contributed by atoms with Crippen molar-refractivity contribution >= 4 is 5.82 Å². The monoisotopic (exact) mass is 211 g/mol. The van der Waals surface area contributed by atoms with E-state index >= 15 is 0 Å². The van der Waals surface area contributed by atoms with Crippen molar-refractivity contribution in [3.8, 4) is 11.6 Å². The Balaban J connectivity index is 2.64. The first-order chi connectivity index (χ1) is 7.15. The molecule has 1 heterocycles. The summed E-state index contributed by atoms with van der Waals surface area (Å²) in [7, 11) is 1.52. The molecular weight excluding hydrogens is 194 g/mol. The van der Waals surface area contributed by atoms with Gasteiger partial charge in [-0.25, -0.2) is 4.98 Å². The average molecular weight is 211 g/mol. The third kappa shape index (κ3) is 3.27. The Morgan fingerprint density at radius 1 is 1.40 bits per heavy atom. The molecule has 15 heavy (non-hydrogen) atoms. The molecule has 1 rings (SSSR count). The molecule has 0 aliphatic heterocycles. The predicted octanol–water partition coefficient (Wildman–Crippen LogP) is 1.49. The molecule has 2 N–H and O–H groups in total. The second-order valence-corrected chi connectivity index (χ2v) is 3.63. The summed E-state index contributed by atoms with van der Waals surface area (Å²) >= 11 is 0. The number of methoxy groups -OCH3 is 1. The number of nitrogens with zero attached hydrogens (tertiary/aromatic N) is 2. The highest BCUT2D eigenvalue weighted by Crippen LogP contribution is 2.28. The van der Waals surface area contributed by atoms with E-state index in [1.54, 1.807) is 0 Å². The van der Waals surface area contributed by atoms with Gasteiger partial charge < -0.3 is 15.2 Å². The minimum absolute atomic E-state index is 0.298. The molecule has 5 nitrogen and oxygen atoms in total. The summed E-state index contributed by atoms with van der Waals surface area (Å²) in [6.07, 6.45) is 2.33. The van der Waals surface area contributed by atoms with Gasteiger partial charge in [0, 0.05) is 0 Å². The van der Waals surface area contributed by atoms with Crippen LogP contribution in [0.3, 0.4) is 0 Å². The number of anilines is 1. The predicted molar refractivity (Wildman–Crippen MR) is 57.9 cm³/mol. The van der Waals surface area contributed by atoms with Crippen LogP contribution < -0.4 is 15.2 Å². The first kappa shape index (κ1) is 11.6. The van der Waals surface area contributed by atoms with E-state index in [0.717, 1.165) is 6.42 Å². The molecule has 1 aromatic heterocycles. The Morgan fingerprint density at radius 2 is 2.13 bits per heavy atom. The molecule has 0 aliphatic carbocycles. The van der Waals surface area contributed by atoms with Gasteiger partial charge in [0.05, 0.1) is 13.7 Å². The number of hydrogen-bond acceptors (Lipinski definition) is 5. The largest absolute Gasteiger partial charge is 0.489 e. The molecule has 0 spiro atoms. The minimum Gasteiger partial charge on any atom is -0.489 e. The van der Waals surface area contributed by atoms with Crippen molar-refractivity contribution in [2.45, 2.75) is 20.3 Å². The summed E-state index contributed by atoms with van der Waals surface area (Å²) in [5, 5.41) is 0. The number of nitrogen functional groups attached to an aromatic ring is 1. The van der Waals surface area contributed by atoms with Crippen LogP contribution in [0.15, 0.2) is 6.33 Å². The smallest absolute Gasteiger partial charge is 0.262 e. The highest BCUT2D eigenvalue weighted by atomic mass is 16.5. The number of hydrogen-bond donors (Lipinski definition) is 1. The molecule has 0 amide bonds. The van der Waals surface area contributed by atoms with Crippen molar-refractivity contribution in [2.24, 2.45) is 5.92 Å². The Bertz CT molecular complexity index is 316. The van der Waals surface area contributed by atoms with Crippen LogP contribution in [0.2, 0.25) is 0 Å². The van der Waals surface area contributed by atoms with E-state index < -0.39 is 0 Å². The molecule has 0 bridgehead atoms. The Morgan fingerprint density at radius 3 is 2.73 bits per heavy atom. The maximum absolute atomic E-state index is 5.61. The van der Waals surface area contributed by atoms with E-state index in [9.17, 15) is 0 Å². The summed E-state index contributed by atoms with van der Waals surface area (Å²) in [6, 6.07) is 0. The molecule has 0 atom stereocenters. The quantitative estimate of drug-likeness (QED) is 0.799. The molecule has 0 fully saturated rings. The van der Waals surface area contributed by atoms with Gasteiger partial charge in [-0.05, 0) is 12.3 Å². The van der Waals surface area contributed by atoms with Crippen LogP contribution in [0.25, 0.3) is 0 Å². The SMILES string of the molecule is COc1c(N)ncnc1OCCC(C)C. The van der Waals surface area contributed by atoms with Crippen LogP contribution in [0.1, 0.15) is 20.3 Å². The van der Waals surface area contributed by atoms with E-state index in [0.29, 0.717) is 30.0 Å². The van der Waals surface area contributed by atoms with Gasteiger partial charge in [-0.2, -0.15) is 4.98 Å². The van der Waals surface area contributed by atoms with Crippen LogP contribution in [0.4, 0.5) is 5.82 Å². The first-order valence-electron chi connectivity index (χ1n) is 4.92. The van der Waals surface area contributed by atoms with Crippen LogP contribution in [0, 0.1) is 5.92 Å². The molecule has 5 heteroatoms. The van der Waals surface area contributed by atoms with Crippen molar-refractivity contribution in [1.29, 1.82) is 0 Å². The highest BCUT2D eigenvalue weighted by Gasteiger charge is 2.10. The van der Waals surface area contributed by atoms with Crippen molar-refractivity contribution < 1.29 is 9.47 Å². The van der Waals surface area contributed by atoms with Crippen molar-refractivity contribution in [3.05, 3.63) is 6.33 Å². The summed E-state index contributed by atoms with van der Waals surface area (Å²) in [6.45, 7) is 4.87. The summed E-state index contributed by atoms with van der Waals surface area (Å²) < 4.78 is 10.5. The number of aromatic nitrogens is 2. The molecule has 0 unspecified atom stereocenters. The van der Waals surface area contributed by atoms with Crippen molar-refractivity contribution in [3.63, 3.8) is 0 Å². The molecule has 0 radical (unpaired) electrons. The van der Waals surface area contributed by atoms with Crippen LogP contribution in [-0.2, 0) is 0 Å². The van der Waals surface area contributed by atoms with Gasteiger partial charge in [0.15, 0.2) is 5.82 Å². The maximum atomic E-state index is 5.61. The van der Waals surface area contributed by atoms with Gasteiger partial charge >= 0.3 is 0 Å². The van der Waals surface area contributed by atoms with Crippen molar-refractivity contribution in [1.82, 2.24) is 9.97 Å². The minimum atomic E-state index is 0.298. The van der Waals surface area contributed by atoms with Gasteiger partial charge in [0.2, 0.25) is 5.75 Å². The fraction of sp³-hybridized carbons (Fsp3) is 0.600. The molecule has 1 aromatic rings. The van der Waals surface area contributed by atoms with E-state index in [1.807, 2.05) is 0 Å². The lowest BCUT2D eigenvalue weighted by molar-refractivity contribution is 0.262. The zero-order valence-electron chi connectivity index (χ0n) is 9.36. The Hall–Kier alpha value is -1.52. The lowest BCUT2D eigenvalue weighted by atomic mass is 10.1. The summed E-state index contributed by atoms with van der Waals surface area (Å²) in [5.41, 5.74) is 5.61. The highest BCUT2D eigenvalue weighted by molar-refractivity contribution is 5.51. The standard InChI is InChI=1S/C10H17N3O2/c1-7(2)4-5-15-10-8(14-3)9(11)12-6-13-10/h6-7H,4-5H2,1-3H3,(H2,11,12,13). The average Bonchev–Trinajstić information content (AvgIpc) is 2.17. The van der Waals surface area contributed by atoms with Gasteiger partial charge in [0.1, 0.15) is 6.33 Å². The second kappa shape index (κ2) is 5.38. The summed E-state index contributed by atoms with van der Waals surface area (Å²) in [4.78, 5) is 7.78. The van der Waals surface area contributed by atoms with E-state index in [-0.39, 0.29) is 0 Å². The van der Waals surface area contributed by atoms with Crippen LogP contribution >= 0.6 is 0 Å². The number of rotatable bonds is 5. The van der Waals surface area contributed by atoms with E-state index in [2.05, 4.69) is 23.8 Å². The summed E-state index contributed by atoms with van der Waals surface area (Å²) in [5.74, 6) is 1.70. The molecule has 0 aromatic carbocycles. The first-order valence-corrected chi connectivity index (χ1v) is 4.92. The topological polar surface area (TPSA) is 70.3 Å². The zero-order valence-corrected chi connectivity index (χ0v) is 9.36. The van der Waals surface area contributed by atoms with Gasteiger partial charge in [-0.15, -0.1) is 0 Å². The molecule has 0 aliphatic rings. The van der Waals surface area contributed by atoms with E-state index in [1.165, 1.54) is 13.4 Å². The zero-order chi connectivity index (χ0) is 11.3.